The third kappa shape index (κ3) is 3.65. The van der Waals surface area contributed by atoms with Crippen LogP contribution in [-0.4, -0.2) is 15.5 Å². The molecule has 4 nitrogen and oxygen atoms in total. The summed E-state index contributed by atoms with van der Waals surface area (Å²) in [6, 6.07) is 8.45. The number of rotatable bonds is 5. The summed E-state index contributed by atoms with van der Waals surface area (Å²) in [7, 11) is -2.04. The summed E-state index contributed by atoms with van der Waals surface area (Å²) >= 11 is 12.5. The van der Waals surface area contributed by atoms with Gasteiger partial charge in [-0.25, -0.2) is 13.1 Å². The lowest BCUT2D eigenvalue weighted by Gasteiger charge is -2.05. The van der Waals surface area contributed by atoms with Gasteiger partial charge in [0.25, 0.3) is 0 Å². The van der Waals surface area contributed by atoms with E-state index in [0.717, 1.165) is 16.9 Å². The van der Waals surface area contributed by atoms with E-state index in [4.69, 9.17) is 27.9 Å². The highest BCUT2D eigenvalue weighted by atomic mass is 35.5. The molecule has 20 heavy (non-hydrogen) atoms. The molecule has 0 fully saturated rings. The molecule has 0 atom stereocenters. The second-order valence-electron chi connectivity index (χ2n) is 3.86. The summed E-state index contributed by atoms with van der Waals surface area (Å²) in [5, 5.41) is 0.237. The fourth-order valence-corrected chi connectivity index (χ4v) is 4.39. The Hall–Kier alpha value is -0.790. The van der Waals surface area contributed by atoms with Crippen LogP contribution >= 0.6 is 34.5 Å². The summed E-state index contributed by atoms with van der Waals surface area (Å²) in [6.45, 7) is 0.180. The average molecular weight is 352 g/mol. The quantitative estimate of drug-likeness (QED) is 0.896. The van der Waals surface area contributed by atoms with Crippen molar-refractivity contribution >= 4 is 44.6 Å². The van der Waals surface area contributed by atoms with Crippen molar-refractivity contribution in [2.24, 2.45) is 0 Å². The minimum atomic E-state index is -3.61. The molecule has 8 heteroatoms. The first-order valence-electron chi connectivity index (χ1n) is 5.50. The van der Waals surface area contributed by atoms with Crippen LogP contribution in [0.25, 0.3) is 0 Å². The predicted octanol–water partition coefficient (Wildman–Crippen LogP) is 3.54. The van der Waals surface area contributed by atoms with Crippen molar-refractivity contribution in [1.29, 1.82) is 0 Å². The third-order valence-electron chi connectivity index (χ3n) is 2.51. The molecule has 0 spiro atoms. The van der Waals surface area contributed by atoms with Crippen LogP contribution in [0.3, 0.4) is 0 Å². The maximum Gasteiger partial charge on any atom is 0.250 e. The normalized spacial score (nSPS) is 11.6. The smallest absolute Gasteiger partial charge is 0.250 e. The van der Waals surface area contributed by atoms with Crippen molar-refractivity contribution in [2.75, 3.05) is 7.11 Å². The van der Waals surface area contributed by atoms with E-state index in [-0.39, 0.29) is 20.1 Å². The predicted molar refractivity (Wildman–Crippen MR) is 81.4 cm³/mol. The van der Waals surface area contributed by atoms with Gasteiger partial charge in [0.2, 0.25) is 10.0 Å². The fraction of sp³-hybridized carbons (Fsp3) is 0.167. The lowest BCUT2D eigenvalue weighted by atomic mass is 10.2. The fourth-order valence-electron chi connectivity index (χ4n) is 1.45. The van der Waals surface area contributed by atoms with Crippen molar-refractivity contribution in [3.63, 3.8) is 0 Å². The molecule has 0 aliphatic carbocycles. The molecule has 0 saturated heterocycles. The van der Waals surface area contributed by atoms with Gasteiger partial charge in [0.05, 0.1) is 12.1 Å². The first kappa shape index (κ1) is 15.6. The molecule has 1 aromatic heterocycles. The first-order chi connectivity index (χ1) is 9.42. The van der Waals surface area contributed by atoms with E-state index >= 15 is 0 Å². The van der Waals surface area contributed by atoms with E-state index in [1.807, 2.05) is 0 Å². The Labute approximate surface area is 131 Å². The van der Waals surface area contributed by atoms with Gasteiger partial charge in [-0.2, -0.15) is 0 Å². The second-order valence-corrected chi connectivity index (χ2v) is 7.91. The van der Waals surface area contributed by atoms with Crippen LogP contribution < -0.4 is 9.46 Å². The number of thiophene rings is 1. The molecule has 0 radical (unpaired) electrons. The Kier molecular flexibility index (Phi) is 4.93. The number of sulfonamides is 1. The second kappa shape index (κ2) is 6.32. The maximum atomic E-state index is 12.1. The van der Waals surface area contributed by atoms with Gasteiger partial charge in [-0.3, -0.25) is 0 Å². The van der Waals surface area contributed by atoms with E-state index in [2.05, 4.69) is 4.72 Å². The summed E-state index contributed by atoms with van der Waals surface area (Å²) in [5.74, 6) is 0.716. The molecular weight excluding hydrogens is 341 g/mol. The van der Waals surface area contributed by atoms with Gasteiger partial charge in [-0.1, -0.05) is 35.3 Å². The Morgan fingerprint density at radius 3 is 2.40 bits per heavy atom. The molecule has 0 bridgehead atoms. The third-order valence-corrected chi connectivity index (χ3v) is 6.25. The SMILES string of the molecule is COc1ccc(CNS(=O)(=O)c2cc(Cl)c(Cl)s2)cc1. The van der Waals surface area contributed by atoms with Gasteiger partial charge in [0.1, 0.15) is 14.3 Å². The summed E-state index contributed by atoms with van der Waals surface area (Å²) < 4.78 is 32.0. The zero-order chi connectivity index (χ0) is 14.8. The van der Waals surface area contributed by atoms with Crippen LogP contribution in [0.1, 0.15) is 5.56 Å². The topological polar surface area (TPSA) is 55.4 Å². The van der Waals surface area contributed by atoms with Gasteiger partial charge >= 0.3 is 0 Å². The molecule has 2 rings (SSSR count). The Balaban J connectivity index is 2.08. The first-order valence-corrected chi connectivity index (χ1v) is 8.55. The lowest BCUT2D eigenvalue weighted by molar-refractivity contribution is 0.414. The number of ether oxygens (including phenoxy) is 1. The van der Waals surface area contributed by atoms with E-state index in [9.17, 15) is 8.42 Å². The van der Waals surface area contributed by atoms with Gasteiger partial charge < -0.3 is 4.74 Å². The molecule has 0 saturated carbocycles. The van der Waals surface area contributed by atoms with Gasteiger partial charge in [0.15, 0.2) is 0 Å². The van der Waals surface area contributed by atoms with Crippen LogP contribution in [0, 0.1) is 0 Å². The minimum absolute atomic E-state index is 0.0982. The van der Waals surface area contributed by atoms with Crippen molar-refractivity contribution < 1.29 is 13.2 Å². The van der Waals surface area contributed by atoms with Crippen molar-refractivity contribution in [3.05, 3.63) is 45.3 Å². The molecule has 0 aliphatic heterocycles. The Morgan fingerprint density at radius 1 is 1.25 bits per heavy atom. The molecule has 1 heterocycles. The number of halogens is 2. The van der Waals surface area contributed by atoms with E-state index in [0.29, 0.717) is 5.75 Å². The van der Waals surface area contributed by atoms with Crippen molar-refractivity contribution in [2.45, 2.75) is 10.8 Å². The zero-order valence-corrected chi connectivity index (χ0v) is 13.5. The van der Waals surface area contributed by atoms with Gasteiger partial charge in [0, 0.05) is 6.54 Å². The van der Waals surface area contributed by atoms with Crippen molar-refractivity contribution in [3.8, 4) is 5.75 Å². The Bertz CT molecular complexity index is 676. The van der Waals surface area contributed by atoms with Crippen LogP contribution in [0.15, 0.2) is 34.5 Å². The van der Waals surface area contributed by atoms with Crippen LogP contribution in [0.4, 0.5) is 0 Å². The van der Waals surface area contributed by atoms with Gasteiger partial charge in [-0.05, 0) is 23.8 Å². The number of hydrogen-bond donors (Lipinski definition) is 1. The minimum Gasteiger partial charge on any atom is -0.497 e. The molecule has 0 aliphatic rings. The molecule has 108 valence electrons. The highest BCUT2D eigenvalue weighted by molar-refractivity contribution is 7.91. The summed E-state index contributed by atoms with van der Waals surface area (Å²) in [5.41, 5.74) is 0.822. The largest absolute Gasteiger partial charge is 0.497 e. The zero-order valence-electron chi connectivity index (χ0n) is 10.4. The summed E-state index contributed by atoms with van der Waals surface area (Å²) in [6.07, 6.45) is 0. The Morgan fingerprint density at radius 2 is 1.90 bits per heavy atom. The number of nitrogens with one attached hydrogen (secondary N) is 1. The molecule has 2 aromatic rings. The molecule has 0 amide bonds. The van der Waals surface area contributed by atoms with Crippen molar-refractivity contribution in [1.82, 2.24) is 4.72 Å². The number of benzene rings is 1. The van der Waals surface area contributed by atoms with Crippen LogP contribution in [0.5, 0.6) is 5.75 Å². The summed E-state index contributed by atoms with van der Waals surface area (Å²) in [4.78, 5) is 0. The number of hydrogen-bond acceptors (Lipinski definition) is 4. The highest BCUT2D eigenvalue weighted by Gasteiger charge is 2.18. The maximum absolute atomic E-state index is 12.1. The molecule has 0 unspecified atom stereocenters. The molecular formula is C12H11Cl2NO3S2. The average Bonchev–Trinajstić information content (AvgIpc) is 2.78. The molecule has 1 N–H and O–H groups in total. The highest BCUT2D eigenvalue weighted by Crippen LogP contribution is 2.34. The van der Waals surface area contributed by atoms with E-state index in [1.54, 1.807) is 31.4 Å². The number of methoxy groups -OCH3 is 1. The van der Waals surface area contributed by atoms with Crippen LogP contribution in [-0.2, 0) is 16.6 Å². The standard InChI is InChI=1S/C12H11Cl2NO3S2/c1-18-9-4-2-8(3-5-9)7-15-20(16,17)11-6-10(13)12(14)19-11/h2-6,15H,7H2,1H3. The molecule has 1 aromatic carbocycles. The monoisotopic (exact) mass is 351 g/mol. The van der Waals surface area contributed by atoms with Crippen LogP contribution in [0.2, 0.25) is 9.36 Å². The lowest BCUT2D eigenvalue weighted by Crippen LogP contribution is -2.22. The van der Waals surface area contributed by atoms with E-state index < -0.39 is 10.0 Å². The van der Waals surface area contributed by atoms with Gasteiger partial charge in [-0.15, -0.1) is 11.3 Å². The van der Waals surface area contributed by atoms with E-state index in [1.165, 1.54) is 6.07 Å².